The lowest BCUT2D eigenvalue weighted by Crippen LogP contribution is -2.16. The molecule has 0 radical (unpaired) electrons. The molecule has 0 amide bonds. The molecule has 2 aromatic heterocycles. The predicted molar refractivity (Wildman–Crippen MR) is 108 cm³/mol. The van der Waals surface area contributed by atoms with E-state index in [0.29, 0.717) is 11.2 Å². The molecule has 3 N–H and O–H groups in total. The Labute approximate surface area is 161 Å². The number of hydrogen-bond acceptors (Lipinski definition) is 7. The zero-order valence-electron chi connectivity index (χ0n) is 14.9. The van der Waals surface area contributed by atoms with Gasteiger partial charge in [-0.05, 0) is 36.5 Å². The number of nitrogen functional groups attached to an aromatic ring is 1. The molecule has 3 aromatic rings. The maximum Gasteiger partial charge on any atom is 0.203 e. The summed E-state index contributed by atoms with van der Waals surface area (Å²) in [5.41, 5.74) is 11.3. The lowest BCUT2D eigenvalue weighted by molar-refractivity contribution is 0.749. The van der Waals surface area contributed by atoms with Crippen LogP contribution in [-0.2, 0) is 6.42 Å². The van der Waals surface area contributed by atoms with Crippen LogP contribution in [-0.4, -0.2) is 26.2 Å². The third-order valence-corrected chi connectivity index (χ3v) is 6.03. The highest BCUT2D eigenvalue weighted by Gasteiger charge is 2.20. The molecule has 1 aromatic carbocycles. The number of nitrogens with one attached hydrogen (secondary N) is 1. The lowest BCUT2D eigenvalue weighted by atomic mass is 10.0. The van der Waals surface area contributed by atoms with Crippen molar-refractivity contribution in [3.05, 3.63) is 53.5 Å². The summed E-state index contributed by atoms with van der Waals surface area (Å²) in [5.74, 6) is 0.863. The first kappa shape index (κ1) is 16.4. The van der Waals surface area contributed by atoms with E-state index in [1.807, 2.05) is 12.4 Å². The Balaban J connectivity index is 1.46. The number of rotatable bonds is 4. The van der Waals surface area contributed by atoms with Gasteiger partial charge in [-0.1, -0.05) is 42.4 Å². The van der Waals surface area contributed by atoms with Gasteiger partial charge in [-0.25, -0.2) is 4.98 Å². The maximum absolute atomic E-state index is 5.74. The quantitative estimate of drug-likeness (QED) is 0.717. The van der Waals surface area contributed by atoms with Crippen molar-refractivity contribution in [3.8, 4) is 10.6 Å². The van der Waals surface area contributed by atoms with Crippen molar-refractivity contribution >= 4 is 27.9 Å². The van der Waals surface area contributed by atoms with E-state index in [1.165, 1.54) is 48.1 Å². The number of benzene rings is 1. The Morgan fingerprint density at radius 3 is 2.81 bits per heavy atom. The van der Waals surface area contributed by atoms with Crippen molar-refractivity contribution < 1.29 is 0 Å². The second kappa shape index (κ2) is 6.74. The second-order valence-corrected chi connectivity index (χ2v) is 8.06. The number of hydrogen-bond donors (Lipinski definition) is 2. The van der Waals surface area contributed by atoms with E-state index in [4.69, 9.17) is 10.7 Å². The minimum Gasteiger partial charge on any atom is -0.374 e. The molecule has 2 aliphatic rings. The fourth-order valence-electron chi connectivity index (χ4n) is 3.90. The Bertz CT molecular complexity index is 1020. The monoisotopic (exact) mass is 376 g/mol. The summed E-state index contributed by atoms with van der Waals surface area (Å²) < 4.78 is 0. The van der Waals surface area contributed by atoms with E-state index >= 15 is 0 Å². The SMILES string of the molecule is Nc1nnc(-c2ccc3c(c2)C(c2cncc(NC4CCCC4)n2)=CC3)s1. The molecular formula is C20H20N6S. The molecule has 2 heterocycles. The summed E-state index contributed by atoms with van der Waals surface area (Å²) >= 11 is 1.40. The van der Waals surface area contributed by atoms with Gasteiger partial charge in [0.25, 0.3) is 0 Å². The van der Waals surface area contributed by atoms with Crippen LogP contribution in [0.15, 0.2) is 36.7 Å². The van der Waals surface area contributed by atoms with Crippen molar-refractivity contribution in [1.82, 2.24) is 20.2 Å². The number of aromatic nitrogens is 4. The second-order valence-electron chi connectivity index (χ2n) is 7.05. The molecule has 0 spiro atoms. The molecular weight excluding hydrogens is 356 g/mol. The van der Waals surface area contributed by atoms with Crippen molar-refractivity contribution in [3.63, 3.8) is 0 Å². The van der Waals surface area contributed by atoms with Crippen LogP contribution in [0, 0.1) is 0 Å². The van der Waals surface area contributed by atoms with Gasteiger partial charge in [0.05, 0.1) is 18.1 Å². The topological polar surface area (TPSA) is 89.6 Å². The Kier molecular flexibility index (Phi) is 4.09. The highest BCUT2D eigenvalue weighted by molar-refractivity contribution is 7.18. The van der Waals surface area contributed by atoms with E-state index in [1.54, 1.807) is 0 Å². The van der Waals surface area contributed by atoms with Gasteiger partial charge in [0.2, 0.25) is 5.13 Å². The normalized spacial score (nSPS) is 16.4. The van der Waals surface area contributed by atoms with E-state index in [9.17, 15) is 0 Å². The number of fused-ring (bicyclic) bond motifs is 1. The van der Waals surface area contributed by atoms with Gasteiger partial charge in [0.15, 0.2) is 0 Å². The molecule has 0 bridgehead atoms. The summed E-state index contributed by atoms with van der Waals surface area (Å²) in [7, 11) is 0. The summed E-state index contributed by atoms with van der Waals surface area (Å²) in [4.78, 5) is 9.26. The van der Waals surface area contributed by atoms with Crippen LogP contribution in [0.4, 0.5) is 10.9 Å². The largest absolute Gasteiger partial charge is 0.374 e. The van der Waals surface area contributed by atoms with Gasteiger partial charge >= 0.3 is 0 Å². The fourth-order valence-corrected chi connectivity index (χ4v) is 4.50. The van der Waals surface area contributed by atoms with Crippen LogP contribution in [0.25, 0.3) is 16.1 Å². The number of anilines is 2. The van der Waals surface area contributed by atoms with Crippen molar-refractivity contribution in [2.45, 2.75) is 38.1 Å². The molecule has 0 atom stereocenters. The van der Waals surface area contributed by atoms with E-state index in [2.05, 4.69) is 44.8 Å². The minimum absolute atomic E-state index is 0.484. The predicted octanol–water partition coefficient (Wildman–Crippen LogP) is 3.92. The zero-order chi connectivity index (χ0) is 18.2. The molecule has 7 heteroatoms. The first-order valence-corrected chi connectivity index (χ1v) is 10.1. The molecule has 2 aliphatic carbocycles. The highest BCUT2D eigenvalue weighted by atomic mass is 32.1. The third-order valence-electron chi connectivity index (χ3n) is 5.23. The smallest absolute Gasteiger partial charge is 0.203 e. The van der Waals surface area contributed by atoms with Crippen LogP contribution >= 0.6 is 11.3 Å². The average Bonchev–Trinajstić information content (AvgIpc) is 3.42. The lowest BCUT2D eigenvalue weighted by Gasteiger charge is -2.13. The van der Waals surface area contributed by atoms with Crippen molar-refractivity contribution in [2.24, 2.45) is 0 Å². The third kappa shape index (κ3) is 3.19. The Morgan fingerprint density at radius 1 is 1.11 bits per heavy atom. The number of allylic oxidation sites excluding steroid dienone is 1. The maximum atomic E-state index is 5.74. The minimum atomic E-state index is 0.484. The van der Waals surface area contributed by atoms with Crippen LogP contribution in [0.2, 0.25) is 0 Å². The first-order valence-electron chi connectivity index (χ1n) is 9.28. The Morgan fingerprint density at radius 2 is 2.00 bits per heavy atom. The number of nitrogens with two attached hydrogens (primary N) is 1. The van der Waals surface area contributed by atoms with Gasteiger partial charge in [0.1, 0.15) is 10.8 Å². The average molecular weight is 376 g/mol. The number of nitrogens with zero attached hydrogens (tertiary/aromatic N) is 4. The van der Waals surface area contributed by atoms with Gasteiger partial charge < -0.3 is 11.1 Å². The molecule has 0 unspecified atom stereocenters. The molecule has 136 valence electrons. The highest BCUT2D eigenvalue weighted by Crippen LogP contribution is 2.36. The summed E-state index contributed by atoms with van der Waals surface area (Å²) in [6.07, 6.45) is 11.8. The fraction of sp³-hybridized carbons (Fsp3) is 0.300. The van der Waals surface area contributed by atoms with E-state index < -0.39 is 0 Å². The summed E-state index contributed by atoms with van der Waals surface area (Å²) in [6.45, 7) is 0. The zero-order valence-corrected chi connectivity index (χ0v) is 15.7. The van der Waals surface area contributed by atoms with Crippen LogP contribution < -0.4 is 11.1 Å². The van der Waals surface area contributed by atoms with Gasteiger partial charge in [-0.15, -0.1) is 10.2 Å². The summed E-state index contributed by atoms with van der Waals surface area (Å²) in [6, 6.07) is 6.92. The van der Waals surface area contributed by atoms with Crippen molar-refractivity contribution in [2.75, 3.05) is 11.1 Å². The molecule has 0 aliphatic heterocycles. The first-order chi connectivity index (χ1) is 13.3. The molecule has 6 nitrogen and oxygen atoms in total. The Hall–Kier alpha value is -2.80. The van der Waals surface area contributed by atoms with Crippen LogP contribution in [0.1, 0.15) is 42.5 Å². The molecule has 1 saturated carbocycles. The molecule has 27 heavy (non-hydrogen) atoms. The molecule has 1 fully saturated rings. The summed E-state index contributed by atoms with van der Waals surface area (Å²) in [5, 5.41) is 13.0. The van der Waals surface area contributed by atoms with Gasteiger partial charge in [-0.2, -0.15) is 0 Å². The standard InChI is InChI=1S/C20H20N6S/c21-20-26-25-19(27-20)13-6-5-12-7-8-15(16(12)9-13)17-10-22-11-18(24-17)23-14-3-1-2-4-14/h5-6,8-11,14H,1-4,7H2,(H2,21,26)(H,23,24). The van der Waals surface area contributed by atoms with E-state index in [0.717, 1.165) is 34.1 Å². The van der Waals surface area contributed by atoms with Gasteiger partial charge in [0, 0.05) is 17.2 Å². The van der Waals surface area contributed by atoms with Crippen LogP contribution in [0.5, 0.6) is 0 Å². The van der Waals surface area contributed by atoms with Gasteiger partial charge in [-0.3, -0.25) is 4.98 Å². The van der Waals surface area contributed by atoms with Crippen LogP contribution in [0.3, 0.4) is 0 Å². The molecule has 5 rings (SSSR count). The van der Waals surface area contributed by atoms with E-state index in [-0.39, 0.29) is 0 Å². The van der Waals surface area contributed by atoms with Crippen molar-refractivity contribution in [1.29, 1.82) is 0 Å². The molecule has 0 saturated heterocycles.